The fraction of sp³-hybridized carbons (Fsp3) is 0.0556. The highest BCUT2D eigenvalue weighted by Gasteiger charge is 2.34. The van der Waals surface area contributed by atoms with Gasteiger partial charge in [-0.3, -0.25) is 14.5 Å². The Bertz CT molecular complexity index is 875. The third kappa shape index (κ3) is 4.00. The highest BCUT2D eigenvalue weighted by molar-refractivity contribution is 9.10. The molecule has 0 aromatic heterocycles. The molecule has 5 nitrogen and oxygen atoms in total. The Morgan fingerprint density at radius 3 is 2.32 bits per heavy atom. The van der Waals surface area contributed by atoms with E-state index in [1.54, 1.807) is 18.2 Å². The molecule has 1 aliphatic rings. The van der Waals surface area contributed by atoms with Crippen molar-refractivity contribution in [3.63, 3.8) is 0 Å². The van der Waals surface area contributed by atoms with Gasteiger partial charge in [0.15, 0.2) is 0 Å². The van der Waals surface area contributed by atoms with E-state index >= 15 is 0 Å². The summed E-state index contributed by atoms with van der Waals surface area (Å²) in [6.07, 6.45) is 1.60. The zero-order valence-electron chi connectivity index (χ0n) is 12.8. The summed E-state index contributed by atoms with van der Waals surface area (Å²) in [5.41, 5.74) is 1.69. The van der Waals surface area contributed by atoms with Crippen LogP contribution in [0.15, 0.2) is 57.9 Å². The number of carbonyl (C=O) groups excluding carboxylic acids is 2. The maximum atomic E-state index is 12.5. The molecule has 1 fully saturated rings. The first-order chi connectivity index (χ1) is 11.9. The highest BCUT2D eigenvalue weighted by Crippen LogP contribution is 2.33. The fourth-order valence-electron chi connectivity index (χ4n) is 2.28. The number of hydrogen-bond donors (Lipinski definition) is 1. The Kier molecular flexibility index (Phi) is 5.06. The first-order valence-electron chi connectivity index (χ1n) is 7.27. The topological polar surface area (TPSA) is 74.7 Å². The molecular formula is C18H12BrNO4S. The van der Waals surface area contributed by atoms with Crippen molar-refractivity contribution < 1.29 is 19.5 Å². The number of imide groups is 1. The lowest BCUT2D eigenvalue weighted by Crippen LogP contribution is -2.27. The summed E-state index contributed by atoms with van der Waals surface area (Å²) in [4.78, 5) is 37.0. The number of aromatic carboxylic acids is 1. The van der Waals surface area contributed by atoms with E-state index in [-0.39, 0.29) is 23.3 Å². The normalized spacial score (nSPS) is 15.9. The SMILES string of the molecule is O=C(O)c1ccc(/C=C2\SC(=O)N(Cc3ccc(Br)cc3)C2=O)cc1. The molecule has 0 bridgehead atoms. The minimum Gasteiger partial charge on any atom is -0.478 e. The molecule has 2 aromatic carbocycles. The molecule has 1 heterocycles. The lowest BCUT2D eigenvalue weighted by molar-refractivity contribution is -0.123. The zero-order valence-corrected chi connectivity index (χ0v) is 15.2. The van der Waals surface area contributed by atoms with Gasteiger partial charge in [0, 0.05) is 4.47 Å². The summed E-state index contributed by atoms with van der Waals surface area (Å²) in [6, 6.07) is 13.5. The molecule has 126 valence electrons. The van der Waals surface area contributed by atoms with Crippen molar-refractivity contribution in [2.24, 2.45) is 0 Å². The average Bonchev–Trinajstić information content (AvgIpc) is 2.85. The Balaban J connectivity index is 1.78. The van der Waals surface area contributed by atoms with Gasteiger partial charge in [0.2, 0.25) is 0 Å². The van der Waals surface area contributed by atoms with E-state index in [2.05, 4.69) is 15.9 Å². The quantitative estimate of drug-likeness (QED) is 0.746. The van der Waals surface area contributed by atoms with Gasteiger partial charge in [0.25, 0.3) is 11.1 Å². The molecule has 1 aliphatic heterocycles. The van der Waals surface area contributed by atoms with Crippen LogP contribution in [0.3, 0.4) is 0 Å². The van der Waals surface area contributed by atoms with E-state index in [9.17, 15) is 14.4 Å². The standard InChI is InChI=1S/C18H12BrNO4S/c19-14-7-3-12(4-8-14)10-20-16(21)15(25-18(20)24)9-11-1-5-13(6-2-11)17(22)23/h1-9H,10H2,(H,22,23)/b15-9-. The number of halogens is 1. The fourth-order valence-corrected chi connectivity index (χ4v) is 3.38. The third-order valence-corrected chi connectivity index (χ3v) is 5.02. The van der Waals surface area contributed by atoms with E-state index in [0.29, 0.717) is 10.5 Å². The van der Waals surface area contributed by atoms with Crippen LogP contribution in [0.5, 0.6) is 0 Å². The van der Waals surface area contributed by atoms with Crippen molar-refractivity contribution in [2.75, 3.05) is 0 Å². The van der Waals surface area contributed by atoms with Crippen LogP contribution in [0, 0.1) is 0 Å². The van der Waals surface area contributed by atoms with Gasteiger partial charge in [0.1, 0.15) is 0 Å². The second kappa shape index (κ2) is 7.25. The molecule has 0 spiro atoms. The molecule has 1 saturated heterocycles. The molecule has 2 aromatic rings. The first kappa shape index (κ1) is 17.4. The second-order valence-corrected chi connectivity index (χ2v) is 7.23. The molecule has 0 unspecified atom stereocenters. The first-order valence-corrected chi connectivity index (χ1v) is 8.88. The minimum atomic E-state index is -1.01. The van der Waals surface area contributed by atoms with Gasteiger partial charge in [0.05, 0.1) is 17.0 Å². The molecule has 1 N–H and O–H groups in total. The van der Waals surface area contributed by atoms with Crippen LogP contribution >= 0.6 is 27.7 Å². The van der Waals surface area contributed by atoms with Gasteiger partial charge in [-0.15, -0.1) is 0 Å². The highest BCUT2D eigenvalue weighted by atomic mass is 79.9. The van der Waals surface area contributed by atoms with E-state index in [4.69, 9.17) is 5.11 Å². The molecule has 0 saturated carbocycles. The maximum absolute atomic E-state index is 12.5. The summed E-state index contributed by atoms with van der Waals surface area (Å²) in [6.45, 7) is 0.216. The Labute approximate surface area is 156 Å². The molecule has 25 heavy (non-hydrogen) atoms. The Morgan fingerprint density at radius 2 is 1.72 bits per heavy atom. The molecule has 2 amide bonds. The lowest BCUT2D eigenvalue weighted by Gasteiger charge is -2.12. The van der Waals surface area contributed by atoms with Crippen LogP contribution in [0.2, 0.25) is 0 Å². The number of carboxylic acids is 1. The predicted molar refractivity (Wildman–Crippen MR) is 99.1 cm³/mol. The smallest absolute Gasteiger partial charge is 0.335 e. The zero-order chi connectivity index (χ0) is 18.0. The molecule has 3 rings (SSSR count). The summed E-state index contributed by atoms with van der Waals surface area (Å²) in [7, 11) is 0. The summed E-state index contributed by atoms with van der Waals surface area (Å²) in [5.74, 6) is -1.36. The predicted octanol–water partition coefficient (Wildman–Crippen LogP) is 4.38. The van der Waals surface area contributed by atoms with Crippen molar-refractivity contribution >= 4 is 50.9 Å². The van der Waals surface area contributed by atoms with Crippen molar-refractivity contribution in [1.29, 1.82) is 0 Å². The van der Waals surface area contributed by atoms with Crippen LogP contribution in [-0.4, -0.2) is 27.1 Å². The Morgan fingerprint density at radius 1 is 1.08 bits per heavy atom. The second-order valence-electron chi connectivity index (χ2n) is 5.32. The van der Waals surface area contributed by atoms with Crippen LogP contribution in [0.25, 0.3) is 6.08 Å². The van der Waals surface area contributed by atoms with Crippen LogP contribution < -0.4 is 0 Å². The van der Waals surface area contributed by atoms with Gasteiger partial charge in [-0.1, -0.05) is 40.2 Å². The maximum Gasteiger partial charge on any atom is 0.335 e. The number of carbonyl (C=O) groups is 3. The number of benzene rings is 2. The largest absolute Gasteiger partial charge is 0.478 e. The summed E-state index contributed by atoms with van der Waals surface area (Å²) < 4.78 is 0.926. The van der Waals surface area contributed by atoms with Crippen LogP contribution in [0.4, 0.5) is 4.79 Å². The number of amides is 2. The molecule has 0 atom stereocenters. The lowest BCUT2D eigenvalue weighted by atomic mass is 10.1. The van der Waals surface area contributed by atoms with E-state index < -0.39 is 5.97 Å². The Hall–Kier alpha value is -2.38. The van der Waals surface area contributed by atoms with Gasteiger partial charge in [-0.25, -0.2) is 4.79 Å². The number of nitrogens with zero attached hydrogens (tertiary/aromatic N) is 1. The number of rotatable bonds is 4. The number of hydrogen-bond acceptors (Lipinski definition) is 4. The monoisotopic (exact) mass is 417 g/mol. The van der Waals surface area contributed by atoms with Crippen LogP contribution in [0.1, 0.15) is 21.5 Å². The van der Waals surface area contributed by atoms with Gasteiger partial charge in [-0.2, -0.15) is 0 Å². The van der Waals surface area contributed by atoms with Crippen molar-refractivity contribution in [3.8, 4) is 0 Å². The summed E-state index contributed by atoms with van der Waals surface area (Å²) >= 11 is 4.23. The minimum absolute atomic E-state index is 0.167. The average molecular weight is 418 g/mol. The molecular weight excluding hydrogens is 406 g/mol. The van der Waals surface area contributed by atoms with Gasteiger partial charge in [-0.05, 0) is 53.2 Å². The van der Waals surface area contributed by atoms with Crippen LogP contribution in [-0.2, 0) is 11.3 Å². The van der Waals surface area contributed by atoms with E-state index in [1.807, 2.05) is 24.3 Å². The van der Waals surface area contributed by atoms with Gasteiger partial charge >= 0.3 is 5.97 Å². The molecule has 0 radical (unpaired) electrons. The van der Waals surface area contributed by atoms with Crippen molar-refractivity contribution in [2.45, 2.75) is 6.54 Å². The number of carboxylic acid groups (broad SMARTS) is 1. The van der Waals surface area contributed by atoms with Crippen molar-refractivity contribution in [3.05, 3.63) is 74.6 Å². The van der Waals surface area contributed by atoms with E-state index in [0.717, 1.165) is 21.8 Å². The number of thioether (sulfide) groups is 1. The van der Waals surface area contributed by atoms with Crippen molar-refractivity contribution in [1.82, 2.24) is 4.90 Å². The molecule has 7 heteroatoms. The molecule has 0 aliphatic carbocycles. The summed E-state index contributed by atoms with van der Waals surface area (Å²) in [5, 5.41) is 8.58. The third-order valence-electron chi connectivity index (χ3n) is 3.58. The van der Waals surface area contributed by atoms with Gasteiger partial charge < -0.3 is 5.11 Å². The van der Waals surface area contributed by atoms with E-state index in [1.165, 1.54) is 17.0 Å².